The van der Waals surface area contributed by atoms with Gasteiger partial charge in [0.1, 0.15) is 0 Å². The van der Waals surface area contributed by atoms with Gasteiger partial charge in [-0.3, -0.25) is 14.5 Å². The zero-order valence-electron chi connectivity index (χ0n) is 15.5. The molecule has 0 N–H and O–H groups in total. The van der Waals surface area contributed by atoms with E-state index in [9.17, 15) is 18.4 Å². The van der Waals surface area contributed by atoms with Crippen molar-refractivity contribution in [2.45, 2.75) is 19.4 Å². The van der Waals surface area contributed by atoms with Crippen molar-refractivity contribution in [3.05, 3.63) is 35.4 Å². The number of carbonyl (C=O) groups is 2. The number of rotatable bonds is 5. The van der Waals surface area contributed by atoms with Crippen molar-refractivity contribution in [3.8, 4) is 0 Å². The maximum atomic E-state index is 13.4. The van der Waals surface area contributed by atoms with Crippen molar-refractivity contribution in [1.29, 1.82) is 0 Å². The third-order valence-electron chi connectivity index (χ3n) is 5.22. The van der Waals surface area contributed by atoms with Crippen LogP contribution in [-0.4, -0.2) is 85.0 Å². The molecule has 2 aliphatic heterocycles. The summed E-state index contributed by atoms with van der Waals surface area (Å²) in [6, 6.07) is 3.11. The Morgan fingerprint density at radius 2 is 1.93 bits per heavy atom. The van der Waals surface area contributed by atoms with Crippen LogP contribution in [0.2, 0.25) is 0 Å². The second kappa shape index (κ2) is 8.75. The summed E-state index contributed by atoms with van der Waals surface area (Å²) >= 11 is 0. The van der Waals surface area contributed by atoms with Crippen molar-refractivity contribution < 1.29 is 23.1 Å². The maximum absolute atomic E-state index is 13.4. The van der Waals surface area contributed by atoms with Gasteiger partial charge in [0.05, 0.1) is 19.3 Å². The van der Waals surface area contributed by atoms with Crippen LogP contribution >= 0.6 is 0 Å². The van der Waals surface area contributed by atoms with E-state index in [0.717, 1.165) is 31.8 Å². The molecule has 2 aliphatic rings. The highest BCUT2D eigenvalue weighted by Crippen LogP contribution is 2.20. The van der Waals surface area contributed by atoms with Gasteiger partial charge in [0.15, 0.2) is 11.6 Å². The summed E-state index contributed by atoms with van der Waals surface area (Å²) in [4.78, 5) is 30.4. The van der Waals surface area contributed by atoms with E-state index in [4.69, 9.17) is 4.74 Å². The molecule has 27 heavy (non-hydrogen) atoms. The lowest BCUT2D eigenvalue weighted by Gasteiger charge is -2.32. The molecule has 2 fully saturated rings. The van der Waals surface area contributed by atoms with Crippen molar-refractivity contribution in [2.75, 3.05) is 52.5 Å². The molecule has 0 saturated carbocycles. The van der Waals surface area contributed by atoms with Gasteiger partial charge in [0.2, 0.25) is 5.91 Å². The molecule has 148 valence electrons. The number of nitrogens with zero attached hydrogens (tertiary/aromatic N) is 3. The fourth-order valence-corrected chi connectivity index (χ4v) is 3.66. The molecule has 8 heteroatoms. The number of amides is 2. The van der Waals surface area contributed by atoms with Gasteiger partial charge in [0.25, 0.3) is 5.91 Å². The molecule has 2 heterocycles. The fraction of sp³-hybridized carbons (Fsp3) is 0.579. The molecule has 1 atom stereocenters. The van der Waals surface area contributed by atoms with Crippen LogP contribution in [0, 0.1) is 11.6 Å². The first-order valence-electron chi connectivity index (χ1n) is 9.27. The first kappa shape index (κ1) is 19.7. The van der Waals surface area contributed by atoms with E-state index in [1.807, 2.05) is 4.90 Å². The molecule has 2 amide bonds. The van der Waals surface area contributed by atoms with Crippen molar-refractivity contribution >= 4 is 11.8 Å². The molecule has 1 unspecified atom stereocenters. The highest BCUT2D eigenvalue weighted by atomic mass is 19.2. The lowest BCUT2D eigenvalue weighted by molar-refractivity contribution is -0.131. The van der Waals surface area contributed by atoms with Gasteiger partial charge in [-0.2, -0.15) is 0 Å². The van der Waals surface area contributed by atoms with E-state index in [-0.39, 0.29) is 23.4 Å². The molecule has 0 aromatic heterocycles. The maximum Gasteiger partial charge on any atom is 0.254 e. The van der Waals surface area contributed by atoms with Crippen LogP contribution in [0.4, 0.5) is 8.78 Å². The minimum Gasteiger partial charge on any atom is -0.379 e. The summed E-state index contributed by atoms with van der Waals surface area (Å²) in [7, 11) is 0. The van der Waals surface area contributed by atoms with Crippen LogP contribution in [0.15, 0.2) is 18.2 Å². The summed E-state index contributed by atoms with van der Waals surface area (Å²) in [6.07, 6.45) is 0.679. The number of hydrogen-bond acceptors (Lipinski definition) is 4. The van der Waals surface area contributed by atoms with Crippen LogP contribution in [0.5, 0.6) is 0 Å². The van der Waals surface area contributed by atoms with Gasteiger partial charge < -0.3 is 14.5 Å². The predicted octanol–water partition coefficient (Wildman–Crippen LogP) is 1.36. The average molecular weight is 381 g/mol. The van der Waals surface area contributed by atoms with E-state index in [1.54, 1.807) is 11.8 Å². The molecule has 0 aliphatic carbocycles. The Labute approximate surface area is 157 Å². The van der Waals surface area contributed by atoms with E-state index in [1.165, 1.54) is 6.07 Å². The number of likely N-dealkylation sites (tertiary alicyclic amines) is 1. The van der Waals surface area contributed by atoms with E-state index < -0.39 is 11.6 Å². The third kappa shape index (κ3) is 4.81. The molecular formula is C19H25F2N3O3. The van der Waals surface area contributed by atoms with Gasteiger partial charge in [-0.15, -0.1) is 0 Å². The molecule has 6 nitrogen and oxygen atoms in total. The first-order chi connectivity index (χ1) is 13.0. The van der Waals surface area contributed by atoms with Gasteiger partial charge >= 0.3 is 0 Å². The van der Waals surface area contributed by atoms with Crippen molar-refractivity contribution in [2.24, 2.45) is 0 Å². The molecule has 0 bridgehead atoms. The number of halogens is 2. The zero-order valence-corrected chi connectivity index (χ0v) is 15.5. The predicted molar refractivity (Wildman–Crippen MR) is 95.3 cm³/mol. The molecule has 1 aromatic rings. The number of hydrogen-bond donors (Lipinski definition) is 0. The fourth-order valence-electron chi connectivity index (χ4n) is 3.66. The van der Waals surface area contributed by atoms with E-state index >= 15 is 0 Å². The monoisotopic (exact) mass is 381 g/mol. The Hall–Kier alpha value is -2.06. The molecular weight excluding hydrogens is 356 g/mol. The minimum atomic E-state index is -1.03. The Balaban J connectivity index is 1.59. The van der Waals surface area contributed by atoms with E-state index in [0.29, 0.717) is 39.3 Å². The molecule has 2 saturated heterocycles. The average Bonchev–Trinajstić information content (AvgIpc) is 3.14. The second-order valence-electron chi connectivity index (χ2n) is 6.99. The Morgan fingerprint density at radius 1 is 1.19 bits per heavy atom. The Bertz CT molecular complexity index is 695. The smallest absolute Gasteiger partial charge is 0.254 e. The molecule has 0 radical (unpaired) electrons. The lowest BCUT2D eigenvalue weighted by atomic mass is 10.2. The number of ether oxygens (including phenoxy) is 1. The van der Waals surface area contributed by atoms with Crippen LogP contribution < -0.4 is 0 Å². The topological polar surface area (TPSA) is 53.1 Å². The largest absolute Gasteiger partial charge is 0.379 e. The summed E-state index contributed by atoms with van der Waals surface area (Å²) in [5, 5.41) is 0. The SMILES string of the molecule is CC(=O)N(CCN1CCOCC1)C1CCN(C(=O)c2ccc(F)c(F)c2)C1. The highest BCUT2D eigenvalue weighted by Gasteiger charge is 2.32. The normalized spacial score (nSPS) is 20.7. The number of benzene rings is 1. The van der Waals surface area contributed by atoms with Gasteiger partial charge in [-0.25, -0.2) is 8.78 Å². The van der Waals surface area contributed by atoms with Gasteiger partial charge in [-0.1, -0.05) is 0 Å². The van der Waals surface area contributed by atoms with Crippen molar-refractivity contribution in [3.63, 3.8) is 0 Å². The third-order valence-corrected chi connectivity index (χ3v) is 5.22. The zero-order chi connectivity index (χ0) is 19.4. The van der Waals surface area contributed by atoms with Crippen LogP contribution in [0.25, 0.3) is 0 Å². The first-order valence-corrected chi connectivity index (χ1v) is 9.27. The van der Waals surface area contributed by atoms with Gasteiger partial charge in [-0.05, 0) is 24.6 Å². The Kier molecular flexibility index (Phi) is 6.38. The van der Waals surface area contributed by atoms with Crippen LogP contribution in [0.3, 0.4) is 0 Å². The summed E-state index contributed by atoms with van der Waals surface area (Å²) in [5.74, 6) is -2.37. The lowest BCUT2D eigenvalue weighted by Crippen LogP contribution is -2.47. The van der Waals surface area contributed by atoms with Gasteiger partial charge in [0, 0.05) is 51.8 Å². The molecule has 1 aromatic carbocycles. The quantitative estimate of drug-likeness (QED) is 0.773. The molecule has 0 spiro atoms. The highest BCUT2D eigenvalue weighted by molar-refractivity contribution is 5.94. The van der Waals surface area contributed by atoms with Crippen molar-refractivity contribution in [1.82, 2.24) is 14.7 Å². The minimum absolute atomic E-state index is 0.0182. The number of morpholine rings is 1. The standard InChI is InChI=1S/C19H25F2N3O3/c1-14(25)24(7-6-22-8-10-27-11-9-22)16-4-5-23(13-16)19(26)15-2-3-17(20)18(21)12-15/h2-3,12,16H,4-11,13H2,1H3. The summed E-state index contributed by atoms with van der Waals surface area (Å²) < 4.78 is 31.8. The van der Waals surface area contributed by atoms with Crippen LogP contribution in [-0.2, 0) is 9.53 Å². The number of carbonyl (C=O) groups excluding carboxylic acids is 2. The summed E-state index contributed by atoms with van der Waals surface area (Å²) in [6.45, 7) is 6.95. The van der Waals surface area contributed by atoms with Crippen LogP contribution in [0.1, 0.15) is 23.7 Å². The molecule has 3 rings (SSSR count). The van der Waals surface area contributed by atoms with E-state index in [2.05, 4.69) is 4.90 Å². The summed E-state index contributed by atoms with van der Waals surface area (Å²) in [5.41, 5.74) is 0.122. The Morgan fingerprint density at radius 3 is 2.59 bits per heavy atom. The second-order valence-corrected chi connectivity index (χ2v) is 6.99.